The maximum atomic E-state index is 11.6. The Morgan fingerprint density at radius 1 is 1.00 bits per heavy atom. The van der Waals surface area contributed by atoms with Gasteiger partial charge in [0.25, 0.3) is 0 Å². The van der Waals surface area contributed by atoms with Gasteiger partial charge in [0.15, 0.2) is 0 Å². The van der Waals surface area contributed by atoms with Crippen LogP contribution in [-0.4, -0.2) is 44.0 Å². The van der Waals surface area contributed by atoms with Crippen molar-refractivity contribution >= 4 is 56.6 Å². The molecule has 4 N–H and O–H groups in total. The number of hydrogen-bond donors (Lipinski definition) is 3. The van der Waals surface area contributed by atoms with E-state index in [2.05, 4.69) is 25.9 Å². The molecule has 2 aromatic carbocycles. The van der Waals surface area contributed by atoms with Crippen molar-refractivity contribution in [2.24, 2.45) is 5.73 Å². The molecule has 188 valence electrons. The zero-order valence-electron chi connectivity index (χ0n) is 19.8. The van der Waals surface area contributed by atoms with Crippen molar-refractivity contribution in [3.63, 3.8) is 0 Å². The molecule has 0 spiro atoms. The highest BCUT2D eigenvalue weighted by molar-refractivity contribution is 6.34. The van der Waals surface area contributed by atoms with E-state index < -0.39 is 5.91 Å². The van der Waals surface area contributed by atoms with Gasteiger partial charge in [0.2, 0.25) is 5.91 Å². The number of nitrogens with one attached hydrogen (secondary N) is 2. The first-order chi connectivity index (χ1) is 18.0. The fourth-order valence-electron chi connectivity index (χ4n) is 4.15. The van der Waals surface area contributed by atoms with Crippen LogP contribution in [0.15, 0.2) is 61.1 Å². The normalized spacial score (nSPS) is 11.3. The van der Waals surface area contributed by atoms with Crippen LogP contribution in [0.1, 0.15) is 21.6 Å². The predicted octanol–water partition coefficient (Wildman–Crippen LogP) is 4.22. The highest BCUT2D eigenvalue weighted by Crippen LogP contribution is 2.29. The van der Waals surface area contributed by atoms with Gasteiger partial charge in [-0.2, -0.15) is 0 Å². The number of fused-ring (bicyclic) bond motifs is 3. The number of carbonyl (C=O) groups is 1. The molecule has 9 nitrogen and oxygen atoms in total. The van der Waals surface area contributed by atoms with E-state index in [4.69, 9.17) is 33.9 Å². The Hall–Kier alpha value is -3.79. The van der Waals surface area contributed by atoms with Crippen LogP contribution in [-0.2, 0) is 19.5 Å². The largest absolute Gasteiger partial charge is 0.368 e. The molecule has 0 radical (unpaired) electrons. The van der Waals surface area contributed by atoms with E-state index >= 15 is 0 Å². The maximum Gasteiger partial charge on any atom is 0.248 e. The van der Waals surface area contributed by atoms with Crippen molar-refractivity contribution in [1.82, 2.24) is 30.3 Å². The number of amides is 1. The summed E-state index contributed by atoms with van der Waals surface area (Å²) in [4.78, 5) is 20.6. The van der Waals surface area contributed by atoms with Crippen molar-refractivity contribution < 1.29 is 4.79 Å². The monoisotopic (exact) mass is 534 g/mol. The molecular formula is C26H24Cl2N8O. The van der Waals surface area contributed by atoms with Crippen molar-refractivity contribution in [1.29, 1.82) is 0 Å². The number of benzene rings is 2. The highest BCUT2D eigenvalue weighted by Gasteiger charge is 2.11. The molecule has 0 saturated heterocycles. The molecule has 3 heterocycles. The lowest BCUT2D eigenvalue weighted by atomic mass is 10.1. The van der Waals surface area contributed by atoms with Gasteiger partial charge in [-0.3, -0.25) is 14.5 Å². The zero-order chi connectivity index (χ0) is 25.8. The lowest BCUT2D eigenvalue weighted by Gasteiger charge is -2.12. The summed E-state index contributed by atoms with van der Waals surface area (Å²) in [6, 6.07) is 12.7. The standard InChI is InChI=1S/C26H24Cl2N8O/c27-18-9-16(10-19(28)12-18)13-30-5-3-20-15-36(35-34-20)8-7-32-26-22-4-6-31-14-23(22)21-2-1-17(25(29)37)11-24(21)33-26/h1-2,4,6,9-12,14-15,30H,3,5,7-8,13H2,(H2,29,37)(H,32,33). The van der Waals surface area contributed by atoms with Crippen LogP contribution in [0.25, 0.3) is 21.7 Å². The number of nitrogens with zero attached hydrogens (tertiary/aromatic N) is 5. The van der Waals surface area contributed by atoms with Gasteiger partial charge < -0.3 is 16.4 Å². The van der Waals surface area contributed by atoms with Crippen molar-refractivity contribution in [3.8, 4) is 0 Å². The summed E-state index contributed by atoms with van der Waals surface area (Å²) in [5.74, 6) is 0.215. The van der Waals surface area contributed by atoms with Crippen LogP contribution in [0.4, 0.5) is 5.82 Å². The molecule has 0 aliphatic heterocycles. The second-order valence-corrected chi connectivity index (χ2v) is 9.45. The number of primary amides is 1. The van der Waals surface area contributed by atoms with Gasteiger partial charge in [0.1, 0.15) is 5.82 Å². The van der Waals surface area contributed by atoms with Crippen LogP contribution >= 0.6 is 23.2 Å². The molecule has 11 heteroatoms. The molecule has 0 saturated carbocycles. The van der Waals surface area contributed by atoms with E-state index in [1.54, 1.807) is 35.3 Å². The predicted molar refractivity (Wildman–Crippen MR) is 146 cm³/mol. The Morgan fingerprint density at radius 2 is 1.84 bits per heavy atom. The van der Waals surface area contributed by atoms with Gasteiger partial charge in [-0.1, -0.05) is 34.5 Å². The highest BCUT2D eigenvalue weighted by atomic mass is 35.5. The van der Waals surface area contributed by atoms with Crippen LogP contribution in [0.2, 0.25) is 10.0 Å². The molecule has 0 fully saturated rings. The van der Waals surface area contributed by atoms with Crippen molar-refractivity contribution in [2.45, 2.75) is 19.5 Å². The Balaban J connectivity index is 1.19. The third kappa shape index (κ3) is 5.96. The van der Waals surface area contributed by atoms with Gasteiger partial charge in [0, 0.05) is 76.4 Å². The lowest BCUT2D eigenvalue weighted by molar-refractivity contribution is 0.100. The summed E-state index contributed by atoms with van der Waals surface area (Å²) in [6.07, 6.45) is 6.22. The third-order valence-electron chi connectivity index (χ3n) is 5.91. The molecule has 37 heavy (non-hydrogen) atoms. The maximum absolute atomic E-state index is 11.6. The Labute approximate surface area is 223 Å². The molecule has 5 aromatic rings. The quantitative estimate of drug-likeness (QED) is 0.181. The molecule has 0 atom stereocenters. The Bertz CT molecular complexity index is 1570. The minimum absolute atomic E-state index is 0.412. The summed E-state index contributed by atoms with van der Waals surface area (Å²) in [5, 5.41) is 19.3. The van der Waals surface area contributed by atoms with Gasteiger partial charge in [-0.25, -0.2) is 4.98 Å². The average Bonchev–Trinajstić information content (AvgIpc) is 3.33. The first-order valence-corrected chi connectivity index (χ1v) is 12.5. The summed E-state index contributed by atoms with van der Waals surface area (Å²) in [6.45, 7) is 2.61. The van der Waals surface area contributed by atoms with E-state index in [9.17, 15) is 4.79 Å². The molecule has 5 rings (SSSR count). The Kier molecular flexibility index (Phi) is 7.45. The second-order valence-electron chi connectivity index (χ2n) is 8.58. The number of halogens is 2. The molecule has 3 aromatic heterocycles. The number of anilines is 1. The van der Waals surface area contributed by atoms with Gasteiger partial charge in [0.05, 0.1) is 17.8 Å². The fraction of sp³-hybridized carbons (Fsp3) is 0.192. The summed E-state index contributed by atoms with van der Waals surface area (Å²) in [7, 11) is 0. The minimum atomic E-state index is -0.490. The second kappa shape index (κ2) is 11.1. The summed E-state index contributed by atoms with van der Waals surface area (Å²) >= 11 is 12.1. The smallest absolute Gasteiger partial charge is 0.248 e. The number of rotatable bonds is 10. The van der Waals surface area contributed by atoms with Gasteiger partial charge in [-0.05, 0) is 42.0 Å². The first-order valence-electron chi connectivity index (χ1n) is 11.7. The van der Waals surface area contributed by atoms with Crippen LogP contribution in [0, 0.1) is 0 Å². The molecule has 0 aliphatic carbocycles. The fourth-order valence-corrected chi connectivity index (χ4v) is 4.72. The lowest BCUT2D eigenvalue weighted by Crippen LogP contribution is -2.16. The molecule has 0 bridgehead atoms. The SMILES string of the molecule is NC(=O)c1ccc2c(c1)nc(NCCn1cc(CCNCc3cc(Cl)cc(Cl)c3)nn1)c1ccncc12. The van der Waals surface area contributed by atoms with E-state index in [1.807, 2.05) is 30.5 Å². The first kappa shape index (κ1) is 24.9. The van der Waals surface area contributed by atoms with Crippen LogP contribution in [0.5, 0.6) is 0 Å². The minimum Gasteiger partial charge on any atom is -0.368 e. The van der Waals surface area contributed by atoms with Crippen molar-refractivity contribution in [3.05, 3.63) is 87.9 Å². The van der Waals surface area contributed by atoms with Crippen LogP contribution in [0.3, 0.4) is 0 Å². The summed E-state index contributed by atoms with van der Waals surface area (Å²) in [5.41, 5.74) is 8.47. The Morgan fingerprint density at radius 3 is 2.65 bits per heavy atom. The number of hydrogen-bond acceptors (Lipinski definition) is 7. The number of carbonyl (C=O) groups excluding carboxylic acids is 1. The van der Waals surface area contributed by atoms with E-state index in [1.165, 1.54) is 0 Å². The van der Waals surface area contributed by atoms with E-state index in [0.29, 0.717) is 46.6 Å². The van der Waals surface area contributed by atoms with E-state index in [-0.39, 0.29) is 0 Å². The van der Waals surface area contributed by atoms with Crippen LogP contribution < -0.4 is 16.4 Å². The average molecular weight is 535 g/mol. The molecule has 1 amide bonds. The number of nitrogens with two attached hydrogens (primary N) is 1. The number of pyridine rings is 2. The van der Waals surface area contributed by atoms with Gasteiger partial charge >= 0.3 is 0 Å². The van der Waals surface area contributed by atoms with E-state index in [0.717, 1.165) is 40.4 Å². The zero-order valence-corrected chi connectivity index (χ0v) is 21.3. The van der Waals surface area contributed by atoms with Crippen molar-refractivity contribution in [2.75, 3.05) is 18.4 Å². The topological polar surface area (TPSA) is 124 Å². The summed E-state index contributed by atoms with van der Waals surface area (Å²) < 4.78 is 1.80. The number of aromatic nitrogens is 5. The third-order valence-corrected chi connectivity index (χ3v) is 6.35. The molecular weight excluding hydrogens is 511 g/mol. The van der Waals surface area contributed by atoms with Gasteiger partial charge in [-0.15, -0.1) is 5.10 Å². The molecule has 0 unspecified atom stereocenters. The molecule has 0 aliphatic rings.